The zero-order chi connectivity index (χ0) is 7.78. The maximum absolute atomic E-state index is 5.65. The molecule has 0 aromatic rings. The largest absolute Gasteiger partial charge is 0.375 e. The zero-order valence-electron chi connectivity index (χ0n) is 7.48. The van der Waals surface area contributed by atoms with Crippen LogP contribution in [0.5, 0.6) is 0 Å². The summed E-state index contributed by atoms with van der Waals surface area (Å²) in [4.78, 5) is 0. The molecule has 1 nitrogen and oxygen atoms in total. The Morgan fingerprint density at radius 2 is 1.80 bits per heavy atom. The van der Waals surface area contributed by atoms with E-state index < -0.39 is 0 Å². The quantitative estimate of drug-likeness (QED) is 0.505. The van der Waals surface area contributed by atoms with Gasteiger partial charge in [-0.05, 0) is 32.1 Å². The van der Waals surface area contributed by atoms with Gasteiger partial charge in [-0.3, -0.25) is 0 Å². The Morgan fingerprint density at radius 1 is 1.20 bits per heavy atom. The molecule has 1 aliphatic heterocycles. The molecule has 0 aliphatic carbocycles. The van der Waals surface area contributed by atoms with Gasteiger partial charge in [0.15, 0.2) is 0 Å². The van der Waals surface area contributed by atoms with Gasteiger partial charge >= 0.3 is 0 Å². The van der Waals surface area contributed by atoms with Crippen molar-refractivity contribution >= 4 is 0 Å². The minimum atomic E-state index is 0.131. The molecule has 60 valence electrons. The summed E-state index contributed by atoms with van der Waals surface area (Å²) in [5.41, 5.74) is 0.131. The first-order valence-electron chi connectivity index (χ1n) is 4.15. The van der Waals surface area contributed by atoms with Gasteiger partial charge in [0.25, 0.3) is 0 Å². The lowest BCUT2D eigenvalue weighted by atomic mass is 9.83. The summed E-state index contributed by atoms with van der Waals surface area (Å²) < 4.78 is 5.65. The van der Waals surface area contributed by atoms with Crippen molar-refractivity contribution in [2.75, 3.05) is 6.61 Å². The molecule has 1 saturated heterocycles. The van der Waals surface area contributed by atoms with Crippen LogP contribution in [0.1, 0.15) is 34.1 Å². The fourth-order valence-corrected chi connectivity index (χ4v) is 1.56. The van der Waals surface area contributed by atoms with E-state index in [-0.39, 0.29) is 5.60 Å². The van der Waals surface area contributed by atoms with E-state index in [1.807, 2.05) is 0 Å². The van der Waals surface area contributed by atoms with Crippen LogP contribution in [0.25, 0.3) is 0 Å². The van der Waals surface area contributed by atoms with Crippen LogP contribution >= 0.6 is 0 Å². The van der Waals surface area contributed by atoms with Crippen molar-refractivity contribution in [3.8, 4) is 0 Å². The molecule has 1 rings (SSSR count). The highest BCUT2D eigenvalue weighted by Crippen LogP contribution is 2.31. The second-order valence-corrected chi connectivity index (χ2v) is 4.23. The molecule has 0 aromatic carbocycles. The van der Waals surface area contributed by atoms with Crippen LogP contribution in [0.2, 0.25) is 0 Å². The first-order chi connectivity index (χ1) is 4.51. The average Bonchev–Trinajstić information content (AvgIpc) is 1.79. The lowest BCUT2D eigenvalue weighted by Gasteiger charge is -2.37. The van der Waals surface area contributed by atoms with Gasteiger partial charge in [-0.2, -0.15) is 0 Å². The molecule has 0 saturated carbocycles. The summed E-state index contributed by atoms with van der Waals surface area (Å²) in [6.45, 7) is 9.87. The fourth-order valence-electron chi connectivity index (χ4n) is 1.56. The maximum Gasteiger partial charge on any atom is 0.0629 e. The predicted molar refractivity (Wildman–Crippen MR) is 43.0 cm³/mol. The third-order valence-electron chi connectivity index (χ3n) is 2.52. The highest BCUT2D eigenvalue weighted by atomic mass is 16.5. The summed E-state index contributed by atoms with van der Waals surface area (Å²) in [6, 6.07) is 0. The Bertz CT molecular complexity index is 118. The molecule has 2 atom stereocenters. The Labute approximate surface area is 63.8 Å². The van der Waals surface area contributed by atoms with Crippen LogP contribution in [-0.4, -0.2) is 12.2 Å². The van der Waals surface area contributed by atoms with E-state index in [1.165, 1.54) is 6.42 Å². The van der Waals surface area contributed by atoms with E-state index in [1.54, 1.807) is 0 Å². The number of hydrogen-bond donors (Lipinski definition) is 0. The lowest BCUT2D eigenvalue weighted by Crippen LogP contribution is -2.37. The zero-order valence-corrected chi connectivity index (χ0v) is 7.48. The van der Waals surface area contributed by atoms with Gasteiger partial charge in [-0.25, -0.2) is 0 Å². The van der Waals surface area contributed by atoms with Crippen LogP contribution in [0.3, 0.4) is 0 Å². The molecular formula is C9H18O. The molecule has 1 heteroatoms. The summed E-state index contributed by atoms with van der Waals surface area (Å²) >= 11 is 0. The second-order valence-electron chi connectivity index (χ2n) is 4.23. The summed E-state index contributed by atoms with van der Waals surface area (Å²) in [5.74, 6) is 1.57. The van der Waals surface area contributed by atoms with Crippen molar-refractivity contribution in [2.45, 2.75) is 39.7 Å². The molecule has 0 N–H and O–H groups in total. The highest BCUT2D eigenvalue weighted by molar-refractivity contribution is 4.79. The van der Waals surface area contributed by atoms with Crippen LogP contribution in [0, 0.1) is 11.8 Å². The van der Waals surface area contributed by atoms with Crippen molar-refractivity contribution in [3.05, 3.63) is 0 Å². The van der Waals surface area contributed by atoms with Gasteiger partial charge in [0.1, 0.15) is 0 Å². The molecule has 0 radical (unpaired) electrons. The van der Waals surface area contributed by atoms with Crippen molar-refractivity contribution < 1.29 is 4.74 Å². The molecule has 1 aliphatic rings. The van der Waals surface area contributed by atoms with Gasteiger partial charge in [-0.15, -0.1) is 0 Å². The molecule has 1 heterocycles. The summed E-state index contributed by atoms with van der Waals surface area (Å²) in [5, 5.41) is 0. The van der Waals surface area contributed by atoms with Gasteiger partial charge in [0.2, 0.25) is 0 Å². The summed E-state index contributed by atoms with van der Waals surface area (Å²) in [6.07, 6.45) is 1.20. The van der Waals surface area contributed by atoms with E-state index in [0.717, 1.165) is 18.4 Å². The molecule has 1 fully saturated rings. The fraction of sp³-hybridized carbons (Fsp3) is 1.00. The minimum absolute atomic E-state index is 0.131. The smallest absolute Gasteiger partial charge is 0.0629 e. The predicted octanol–water partition coefficient (Wildman–Crippen LogP) is 2.46. The van der Waals surface area contributed by atoms with E-state index >= 15 is 0 Å². The minimum Gasteiger partial charge on any atom is -0.375 e. The van der Waals surface area contributed by atoms with Gasteiger partial charge in [0, 0.05) is 0 Å². The highest BCUT2D eigenvalue weighted by Gasteiger charge is 2.30. The lowest BCUT2D eigenvalue weighted by molar-refractivity contribution is -0.0944. The Hall–Kier alpha value is -0.0400. The number of ether oxygens (including phenoxy) is 1. The monoisotopic (exact) mass is 142 g/mol. The molecule has 0 unspecified atom stereocenters. The molecule has 10 heavy (non-hydrogen) atoms. The molecule has 0 amide bonds. The Balaban J connectivity index is 2.49. The van der Waals surface area contributed by atoms with Crippen LogP contribution in [0.15, 0.2) is 0 Å². The standard InChI is InChI=1S/C9H18O/c1-7-5-9(3,4)10-6-8(7)2/h7-8H,5-6H2,1-4H3/t7-,8+/m0/s1. The first kappa shape index (κ1) is 8.06. The topological polar surface area (TPSA) is 9.23 Å². The third kappa shape index (κ3) is 1.72. The normalized spacial score (nSPS) is 39.6. The van der Waals surface area contributed by atoms with Gasteiger partial charge in [0.05, 0.1) is 12.2 Å². The maximum atomic E-state index is 5.65. The molecular weight excluding hydrogens is 124 g/mol. The Morgan fingerprint density at radius 3 is 2.20 bits per heavy atom. The number of hydrogen-bond acceptors (Lipinski definition) is 1. The average molecular weight is 142 g/mol. The van der Waals surface area contributed by atoms with Crippen molar-refractivity contribution in [3.63, 3.8) is 0 Å². The molecule has 0 aromatic heterocycles. The van der Waals surface area contributed by atoms with E-state index in [2.05, 4.69) is 27.7 Å². The molecule has 0 bridgehead atoms. The van der Waals surface area contributed by atoms with Crippen LogP contribution in [0.4, 0.5) is 0 Å². The third-order valence-corrected chi connectivity index (χ3v) is 2.52. The van der Waals surface area contributed by atoms with Crippen LogP contribution < -0.4 is 0 Å². The summed E-state index contributed by atoms with van der Waals surface area (Å²) in [7, 11) is 0. The second kappa shape index (κ2) is 2.54. The van der Waals surface area contributed by atoms with Crippen LogP contribution in [-0.2, 0) is 4.74 Å². The Kier molecular flexibility index (Phi) is 2.04. The van der Waals surface area contributed by atoms with Gasteiger partial charge in [-0.1, -0.05) is 13.8 Å². The van der Waals surface area contributed by atoms with Gasteiger partial charge < -0.3 is 4.74 Å². The van der Waals surface area contributed by atoms with E-state index in [0.29, 0.717) is 0 Å². The van der Waals surface area contributed by atoms with Crippen molar-refractivity contribution in [2.24, 2.45) is 11.8 Å². The van der Waals surface area contributed by atoms with E-state index in [4.69, 9.17) is 4.74 Å². The molecule has 0 spiro atoms. The van der Waals surface area contributed by atoms with Crippen molar-refractivity contribution in [1.82, 2.24) is 0 Å². The van der Waals surface area contributed by atoms with Crippen molar-refractivity contribution in [1.29, 1.82) is 0 Å². The SMILES string of the molecule is C[C@@H]1COC(C)(C)C[C@@H]1C. The van der Waals surface area contributed by atoms with E-state index in [9.17, 15) is 0 Å². The number of rotatable bonds is 0. The first-order valence-corrected chi connectivity index (χ1v) is 4.15.